The van der Waals surface area contributed by atoms with Crippen molar-refractivity contribution >= 4 is 5.69 Å². The number of aliphatic hydroxyl groups is 1. The molecule has 0 bridgehead atoms. The Labute approximate surface area is 117 Å². The maximum absolute atomic E-state index is 13.6. The van der Waals surface area contributed by atoms with Crippen molar-refractivity contribution in [3.63, 3.8) is 0 Å². The molecule has 2 nitrogen and oxygen atoms in total. The first-order valence-electron chi connectivity index (χ1n) is 6.37. The lowest BCUT2D eigenvalue weighted by Crippen LogP contribution is -2.10. The van der Waals surface area contributed by atoms with Gasteiger partial charge in [-0.3, -0.25) is 0 Å². The van der Waals surface area contributed by atoms with Gasteiger partial charge in [-0.05, 0) is 29.8 Å². The average Bonchev–Trinajstić information content (AvgIpc) is 2.43. The van der Waals surface area contributed by atoms with Crippen molar-refractivity contribution in [3.8, 4) is 0 Å². The Hall–Kier alpha value is -1.94. The molecule has 1 unspecified atom stereocenters. The molecular weight excluding hydrogens is 260 g/mol. The van der Waals surface area contributed by atoms with Crippen LogP contribution in [-0.2, 0) is 6.42 Å². The van der Waals surface area contributed by atoms with Gasteiger partial charge < -0.3 is 10.0 Å². The number of nitrogens with zero attached hydrogens (tertiary/aromatic N) is 1. The van der Waals surface area contributed by atoms with Gasteiger partial charge in [0.2, 0.25) is 0 Å². The van der Waals surface area contributed by atoms with Gasteiger partial charge in [0.25, 0.3) is 0 Å². The zero-order valence-corrected chi connectivity index (χ0v) is 11.5. The first-order valence-corrected chi connectivity index (χ1v) is 6.37. The zero-order chi connectivity index (χ0) is 14.7. The third-order valence-electron chi connectivity index (χ3n) is 3.23. The molecule has 4 heteroatoms. The van der Waals surface area contributed by atoms with E-state index in [9.17, 15) is 13.9 Å². The standard InChI is InChI=1S/C16H17F2NO/c1-19(2)12-6-3-5-11(9-12)16(20)10-13-14(17)7-4-8-15(13)18/h3-9,16,20H,10H2,1-2H3. The van der Waals surface area contributed by atoms with Gasteiger partial charge in [0, 0.05) is 31.8 Å². The number of hydrogen-bond acceptors (Lipinski definition) is 2. The van der Waals surface area contributed by atoms with Crippen LogP contribution in [0, 0.1) is 11.6 Å². The molecule has 0 aliphatic rings. The summed E-state index contributed by atoms with van der Waals surface area (Å²) in [5, 5.41) is 10.2. The predicted octanol–water partition coefficient (Wildman–Crippen LogP) is 3.31. The van der Waals surface area contributed by atoms with E-state index < -0.39 is 17.7 Å². The van der Waals surface area contributed by atoms with Crippen molar-refractivity contribution in [3.05, 3.63) is 65.2 Å². The topological polar surface area (TPSA) is 23.5 Å². The minimum atomic E-state index is -0.943. The summed E-state index contributed by atoms with van der Waals surface area (Å²) in [6.07, 6.45) is -1.03. The van der Waals surface area contributed by atoms with E-state index in [0.717, 1.165) is 5.69 Å². The molecule has 2 aromatic rings. The number of benzene rings is 2. The summed E-state index contributed by atoms with van der Waals surface area (Å²) in [7, 11) is 3.78. The van der Waals surface area contributed by atoms with Gasteiger partial charge in [0.15, 0.2) is 0 Å². The van der Waals surface area contributed by atoms with Crippen molar-refractivity contribution in [2.24, 2.45) is 0 Å². The fourth-order valence-electron chi connectivity index (χ4n) is 2.05. The molecule has 20 heavy (non-hydrogen) atoms. The van der Waals surface area contributed by atoms with E-state index in [2.05, 4.69) is 0 Å². The summed E-state index contributed by atoms with van der Waals surface area (Å²) < 4.78 is 27.1. The summed E-state index contributed by atoms with van der Waals surface area (Å²) in [6.45, 7) is 0. The molecule has 0 aliphatic heterocycles. The molecule has 0 radical (unpaired) electrons. The molecule has 0 aliphatic carbocycles. The Balaban J connectivity index is 2.24. The highest BCUT2D eigenvalue weighted by Crippen LogP contribution is 2.24. The lowest BCUT2D eigenvalue weighted by Gasteiger charge is -2.17. The molecule has 0 spiro atoms. The SMILES string of the molecule is CN(C)c1cccc(C(O)Cc2c(F)cccc2F)c1. The molecule has 0 saturated heterocycles. The second-order valence-corrected chi connectivity index (χ2v) is 4.91. The van der Waals surface area contributed by atoms with Crippen LogP contribution in [0.4, 0.5) is 14.5 Å². The second-order valence-electron chi connectivity index (χ2n) is 4.91. The molecule has 0 aromatic heterocycles. The third kappa shape index (κ3) is 3.14. The first kappa shape index (κ1) is 14.5. The van der Waals surface area contributed by atoms with Crippen LogP contribution in [0.5, 0.6) is 0 Å². The Morgan fingerprint density at radius 3 is 2.25 bits per heavy atom. The molecule has 0 amide bonds. The summed E-state index contributed by atoms with van der Waals surface area (Å²) in [4.78, 5) is 1.90. The highest BCUT2D eigenvalue weighted by molar-refractivity contribution is 5.47. The number of hydrogen-bond donors (Lipinski definition) is 1. The smallest absolute Gasteiger partial charge is 0.129 e. The van der Waals surface area contributed by atoms with Gasteiger partial charge in [-0.1, -0.05) is 18.2 Å². The van der Waals surface area contributed by atoms with E-state index in [1.165, 1.54) is 18.2 Å². The minimum absolute atomic E-state index is 0.0877. The van der Waals surface area contributed by atoms with E-state index in [4.69, 9.17) is 0 Å². The van der Waals surface area contributed by atoms with Gasteiger partial charge in [0.05, 0.1) is 6.10 Å². The molecule has 1 N–H and O–H groups in total. The Bertz CT molecular complexity index is 579. The van der Waals surface area contributed by atoms with Crippen LogP contribution < -0.4 is 4.90 Å². The molecule has 2 aromatic carbocycles. The number of rotatable bonds is 4. The summed E-state index contributed by atoms with van der Waals surface area (Å²) in [5.74, 6) is -1.26. The average molecular weight is 277 g/mol. The van der Waals surface area contributed by atoms with Gasteiger partial charge in [0.1, 0.15) is 11.6 Å². The van der Waals surface area contributed by atoms with Crippen LogP contribution in [0.1, 0.15) is 17.2 Å². The Morgan fingerprint density at radius 1 is 1.05 bits per heavy atom. The van der Waals surface area contributed by atoms with E-state index in [1.807, 2.05) is 37.2 Å². The minimum Gasteiger partial charge on any atom is -0.388 e. The quantitative estimate of drug-likeness (QED) is 0.927. The second kappa shape index (κ2) is 6.01. The van der Waals surface area contributed by atoms with Gasteiger partial charge in [-0.2, -0.15) is 0 Å². The van der Waals surface area contributed by atoms with E-state index in [1.54, 1.807) is 6.07 Å². The van der Waals surface area contributed by atoms with Gasteiger partial charge >= 0.3 is 0 Å². The van der Waals surface area contributed by atoms with Crippen molar-refractivity contribution < 1.29 is 13.9 Å². The van der Waals surface area contributed by atoms with Gasteiger partial charge in [-0.25, -0.2) is 8.78 Å². The fraction of sp³-hybridized carbons (Fsp3) is 0.250. The maximum atomic E-state index is 13.6. The van der Waals surface area contributed by atoms with Crippen molar-refractivity contribution in [2.75, 3.05) is 19.0 Å². The van der Waals surface area contributed by atoms with Crippen LogP contribution in [-0.4, -0.2) is 19.2 Å². The summed E-state index contributed by atoms with van der Waals surface area (Å²) in [6, 6.07) is 11.0. The van der Waals surface area contributed by atoms with Gasteiger partial charge in [-0.15, -0.1) is 0 Å². The molecule has 0 saturated carbocycles. The molecule has 2 rings (SSSR count). The molecular formula is C16H17F2NO. The van der Waals surface area contributed by atoms with Crippen LogP contribution in [0.15, 0.2) is 42.5 Å². The van der Waals surface area contributed by atoms with Crippen LogP contribution >= 0.6 is 0 Å². The van der Waals surface area contributed by atoms with E-state index >= 15 is 0 Å². The molecule has 1 atom stereocenters. The van der Waals surface area contributed by atoms with E-state index in [-0.39, 0.29) is 12.0 Å². The number of anilines is 1. The molecule has 106 valence electrons. The van der Waals surface area contributed by atoms with Crippen LogP contribution in [0.3, 0.4) is 0 Å². The largest absolute Gasteiger partial charge is 0.388 e. The zero-order valence-electron chi connectivity index (χ0n) is 11.5. The van der Waals surface area contributed by atoms with Crippen molar-refractivity contribution in [1.29, 1.82) is 0 Å². The lowest BCUT2D eigenvalue weighted by atomic mass is 10.00. The molecule has 0 heterocycles. The summed E-state index contributed by atoms with van der Waals surface area (Å²) in [5.41, 5.74) is 1.48. The highest BCUT2D eigenvalue weighted by atomic mass is 19.1. The number of aliphatic hydroxyl groups excluding tert-OH is 1. The fourth-order valence-corrected chi connectivity index (χ4v) is 2.05. The van der Waals surface area contributed by atoms with Crippen molar-refractivity contribution in [1.82, 2.24) is 0 Å². The summed E-state index contributed by atoms with van der Waals surface area (Å²) >= 11 is 0. The highest BCUT2D eigenvalue weighted by Gasteiger charge is 2.15. The lowest BCUT2D eigenvalue weighted by molar-refractivity contribution is 0.175. The molecule has 0 fully saturated rings. The third-order valence-corrected chi connectivity index (χ3v) is 3.23. The van der Waals surface area contributed by atoms with Crippen molar-refractivity contribution in [2.45, 2.75) is 12.5 Å². The predicted molar refractivity (Wildman–Crippen MR) is 75.8 cm³/mol. The first-order chi connectivity index (χ1) is 9.49. The van der Waals surface area contributed by atoms with Crippen LogP contribution in [0.25, 0.3) is 0 Å². The Morgan fingerprint density at radius 2 is 1.65 bits per heavy atom. The normalized spacial score (nSPS) is 12.2. The van der Waals surface area contributed by atoms with Crippen LogP contribution in [0.2, 0.25) is 0 Å². The monoisotopic (exact) mass is 277 g/mol. The van der Waals surface area contributed by atoms with E-state index in [0.29, 0.717) is 5.56 Å². The Kier molecular flexibility index (Phi) is 4.35. The maximum Gasteiger partial charge on any atom is 0.129 e. The number of halogens is 2.